The Labute approximate surface area is 119 Å². The van der Waals surface area contributed by atoms with Gasteiger partial charge in [-0.3, -0.25) is 0 Å². The highest BCUT2D eigenvalue weighted by molar-refractivity contribution is 6.39. The first-order chi connectivity index (χ1) is 8.49. The Kier molecular flexibility index (Phi) is 4.29. The summed E-state index contributed by atoms with van der Waals surface area (Å²) < 4.78 is 0. The number of nitrogens with two attached hydrogens (primary N) is 1. The Hall–Kier alpha value is -0.600. The number of rotatable bonds is 2. The molecule has 1 aliphatic rings. The fraction of sp³-hybridized carbons (Fsp3) is 0.571. The lowest BCUT2D eigenvalue weighted by Gasteiger charge is -2.36. The number of piperidine rings is 1. The Bertz CT molecular complexity index is 401. The van der Waals surface area contributed by atoms with Gasteiger partial charge < -0.3 is 10.6 Å². The molecular weight excluding hydrogens is 267 g/mol. The van der Waals surface area contributed by atoms with E-state index < -0.39 is 0 Å². The van der Waals surface area contributed by atoms with Gasteiger partial charge in [-0.05, 0) is 36.8 Å². The molecule has 1 aromatic rings. The average molecular weight is 287 g/mol. The second-order valence-electron chi connectivity index (χ2n) is 5.40. The molecule has 18 heavy (non-hydrogen) atoms. The predicted octanol–water partition coefficient (Wildman–Crippen LogP) is 4.45. The number of anilines is 2. The molecule has 0 amide bonds. The van der Waals surface area contributed by atoms with Crippen LogP contribution in [0.4, 0.5) is 11.4 Å². The van der Waals surface area contributed by atoms with Gasteiger partial charge >= 0.3 is 0 Å². The summed E-state index contributed by atoms with van der Waals surface area (Å²) in [4.78, 5) is 2.28. The summed E-state index contributed by atoms with van der Waals surface area (Å²) in [5.74, 6) is 1.57. The summed E-state index contributed by atoms with van der Waals surface area (Å²) >= 11 is 12.5. The Morgan fingerprint density at radius 1 is 1.17 bits per heavy atom. The van der Waals surface area contributed by atoms with E-state index in [1.807, 2.05) is 0 Å². The van der Waals surface area contributed by atoms with Gasteiger partial charge in [-0.1, -0.05) is 37.0 Å². The first-order valence-corrected chi connectivity index (χ1v) is 7.24. The van der Waals surface area contributed by atoms with Gasteiger partial charge in [0.1, 0.15) is 0 Å². The molecule has 0 atom stereocenters. The molecule has 1 saturated heterocycles. The summed E-state index contributed by atoms with van der Waals surface area (Å²) in [5, 5.41) is 1.31. The molecule has 0 aliphatic carbocycles. The normalized spacial score (nSPS) is 17.5. The minimum absolute atomic E-state index is 0.616. The van der Waals surface area contributed by atoms with E-state index in [-0.39, 0.29) is 0 Å². The van der Waals surface area contributed by atoms with Gasteiger partial charge in [0.25, 0.3) is 0 Å². The van der Waals surface area contributed by atoms with E-state index in [9.17, 15) is 0 Å². The van der Waals surface area contributed by atoms with Crippen LogP contribution < -0.4 is 10.6 Å². The topological polar surface area (TPSA) is 29.3 Å². The lowest BCUT2D eigenvalue weighted by Crippen LogP contribution is -2.35. The van der Waals surface area contributed by atoms with Crippen molar-refractivity contribution in [1.29, 1.82) is 0 Å². The van der Waals surface area contributed by atoms with Crippen LogP contribution in [0.25, 0.3) is 0 Å². The second-order valence-corrected chi connectivity index (χ2v) is 6.22. The summed E-state index contributed by atoms with van der Waals surface area (Å²) in [6.45, 7) is 6.63. The smallest absolute Gasteiger partial charge is 0.0746 e. The Morgan fingerprint density at radius 2 is 1.67 bits per heavy atom. The van der Waals surface area contributed by atoms with Crippen LogP contribution in [0.15, 0.2) is 12.1 Å². The minimum atomic E-state index is 0.616. The van der Waals surface area contributed by atoms with Crippen LogP contribution in [0.2, 0.25) is 10.0 Å². The molecule has 1 aliphatic heterocycles. The van der Waals surface area contributed by atoms with E-state index in [4.69, 9.17) is 28.9 Å². The first-order valence-electron chi connectivity index (χ1n) is 6.48. The van der Waals surface area contributed by atoms with E-state index in [2.05, 4.69) is 18.7 Å². The van der Waals surface area contributed by atoms with Gasteiger partial charge in [-0.15, -0.1) is 0 Å². The number of nitrogens with zero attached hydrogens (tertiary/aromatic N) is 1. The lowest BCUT2D eigenvalue weighted by atomic mass is 9.86. The largest absolute Gasteiger partial charge is 0.399 e. The number of hydrogen-bond donors (Lipinski definition) is 1. The fourth-order valence-corrected chi connectivity index (χ4v) is 3.42. The van der Waals surface area contributed by atoms with Crippen LogP contribution in [0.1, 0.15) is 26.7 Å². The number of hydrogen-bond acceptors (Lipinski definition) is 2. The van der Waals surface area contributed by atoms with Crippen molar-refractivity contribution in [2.24, 2.45) is 11.8 Å². The van der Waals surface area contributed by atoms with E-state index in [1.54, 1.807) is 12.1 Å². The van der Waals surface area contributed by atoms with Crippen LogP contribution in [0, 0.1) is 11.8 Å². The molecule has 2 rings (SSSR count). The second kappa shape index (κ2) is 5.58. The van der Waals surface area contributed by atoms with Crippen molar-refractivity contribution in [1.82, 2.24) is 0 Å². The zero-order chi connectivity index (χ0) is 13.3. The molecule has 0 unspecified atom stereocenters. The monoisotopic (exact) mass is 286 g/mol. The molecule has 0 bridgehead atoms. The summed E-state index contributed by atoms with van der Waals surface area (Å²) in [6.07, 6.45) is 2.41. The molecule has 4 heteroatoms. The van der Waals surface area contributed by atoms with Crippen molar-refractivity contribution >= 4 is 34.6 Å². The molecule has 2 N–H and O–H groups in total. The van der Waals surface area contributed by atoms with Crippen LogP contribution in [0.3, 0.4) is 0 Å². The van der Waals surface area contributed by atoms with Crippen molar-refractivity contribution < 1.29 is 0 Å². The third kappa shape index (κ3) is 2.86. The van der Waals surface area contributed by atoms with Gasteiger partial charge in [0.05, 0.1) is 15.7 Å². The molecule has 1 heterocycles. The standard InChI is InChI=1S/C14H20Cl2N2/c1-9(2)10-3-5-18(6-4-10)14-12(15)7-11(17)8-13(14)16/h7-10H,3-6,17H2,1-2H3. The Morgan fingerprint density at radius 3 is 2.11 bits per heavy atom. The summed E-state index contributed by atoms with van der Waals surface area (Å²) in [7, 11) is 0. The maximum atomic E-state index is 6.26. The number of benzene rings is 1. The summed E-state index contributed by atoms with van der Waals surface area (Å²) in [6, 6.07) is 3.55. The molecule has 0 radical (unpaired) electrons. The van der Waals surface area contributed by atoms with Crippen molar-refractivity contribution in [2.45, 2.75) is 26.7 Å². The van der Waals surface area contributed by atoms with Crippen molar-refractivity contribution in [2.75, 3.05) is 23.7 Å². The maximum Gasteiger partial charge on any atom is 0.0746 e. The van der Waals surface area contributed by atoms with Crippen LogP contribution in [-0.2, 0) is 0 Å². The van der Waals surface area contributed by atoms with Gasteiger partial charge in [-0.2, -0.15) is 0 Å². The first kappa shape index (κ1) is 13.8. The van der Waals surface area contributed by atoms with Crippen molar-refractivity contribution in [3.63, 3.8) is 0 Å². The van der Waals surface area contributed by atoms with Gasteiger partial charge in [0.2, 0.25) is 0 Å². The Balaban J connectivity index is 2.15. The number of nitrogen functional groups attached to an aromatic ring is 1. The van der Waals surface area contributed by atoms with Crippen LogP contribution >= 0.6 is 23.2 Å². The third-order valence-electron chi connectivity index (χ3n) is 3.84. The van der Waals surface area contributed by atoms with Gasteiger partial charge in [0.15, 0.2) is 0 Å². The average Bonchev–Trinajstić information content (AvgIpc) is 2.28. The highest BCUT2D eigenvalue weighted by atomic mass is 35.5. The van der Waals surface area contributed by atoms with E-state index in [0.717, 1.165) is 30.6 Å². The molecule has 2 nitrogen and oxygen atoms in total. The maximum absolute atomic E-state index is 6.26. The summed E-state index contributed by atoms with van der Waals surface area (Å²) in [5.41, 5.74) is 7.29. The van der Waals surface area contributed by atoms with Crippen LogP contribution in [0.5, 0.6) is 0 Å². The molecule has 1 fully saturated rings. The quantitative estimate of drug-likeness (QED) is 0.814. The third-order valence-corrected chi connectivity index (χ3v) is 4.41. The highest BCUT2D eigenvalue weighted by Crippen LogP contribution is 2.38. The molecule has 0 spiro atoms. The number of halogens is 2. The van der Waals surface area contributed by atoms with E-state index in [0.29, 0.717) is 15.7 Å². The zero-order valence-corrected chi connectivity index (χ0v) is 12.4. The fourth-order valence-electron chi connectivity index (χ4n) is 2.68. The van der Waals surface area contributed by atoms with Crippen molar-refractivity contribution in [3.05, 3.63) is 22.2 Å². The highest BCUT2D eigenvalue weighted by Gasteiger charge is 2.24. The van der Waals surface area contributed by atoms with E-state index >= 15 is 0 Å². The van der Waals surface area contributed by atoms with Gasteiger partial charge in [0, 0.05) is 18.8 Å². The lowest BCUT2D eigenvalue weighted by molar-refractivity contribution is 0.311. The molecular formula is C14H20Cl2N2. The molecule has 1 aromatic carbocycles. The van der Waals surface area contributed by atoms with Crippen LogP contribution in [-0.4, -0.2) is 13.1 Å². The zero-order valence-electron chi connectivity index (χ0n) is 10.9. The molecule has 0 aromatic heterocycles. The van der Waals surface area contributed by atoms with Gasteiger partial charge in [-0.25, -0.2) is 0 Å². The SMILES string of the molecule is CC(C)C1CCN(c2c(Cl)cc(N)cc2Cl)CC1. The minimum Gasteiger partial charge on any atom is -0.399 e. The predicted molar refractivity (Wildman–Crippen MR) is 80.6 cm³/mol. The van der Waals surface area contributed by atoms with E-state index in [1.165, 1.54) is 12.8 Å². The van der Waals surface area contributed by atoms with Crippen molar-refractivity contribution in [3.8, 4) is 0 Å². The molecule has 100 valence electrons. The molecule has 0 saturated carbocycles.